The van der Waals surface area contributed by atoms with Gasteiger partial charge in [0.05, 0.1) is 0 Å². The molecule has 0 aromatic heterocycles. The molecule has 1 aliphatic carbocycles. The third kappa shape index (κ3) is 4.21. The zero-order valence-electron chi connectivity index (χ0n) is 7.32. The van der Waals surface area contributed by atoms with Crippen LogP contribution in [0.1, 0.15) is 33.6 Å². The number of Topliss-reactive ketones (excluding diaryl/α,β-unsaturated/α-hetero) is 1. The molecule has 0 aromatic carbocycles. The summed E-state index contributed by atoms with van der Waals surface area (Å²) >= 11 is 0. The molecule has 0 heterocycles. The molecule has 0 saturated heterocycles. The molecule has 0 aliphatic heterocycles. The van der Waals surface area contributed by atoms with E-state index in [0.717, 1.165) is 12.8 Å². The van der Waals surface area contributed by atoms with Crippen LogP contribution in [-0.2, 0) is 4.79 Å². The number of ketones is 1. The first-order valence-corrected chi connectivity index (χ1v) is 3.41. The van der Waals surface area contributed by atoms with Gasteiger partial charge in [0.15, 0.2) is 0 Å². The minimum atomic E-state index is -0.639. The van der Waals surface area contributed by atoms with E-state index < -0.39 is 5.54 Å². The summed E-state index contributed by atoms with van der Waals surface area (Å²) in [6.07, 6.45) is 1.56. The number of rotatable bonds is 1. The third-order valence-electron chi connectivity index (χ3n) is 1.42. The summed E-state index contributed by atoms with van der Waals surface area (Å²) in [6.45, 7) is 5.49. The predicted octanol–water partition coefficient (Wildman–Crippen LogP) is -0.810. The maximum atomic E-state index is 10.3. The molecule has 1 saturated carbocycles. The van der Waals surface area contributed by atoms with Crippen molar-refractivity contribution in [1.29, 1.82) is 0 Å². The quantitative estimate of drug-likeness (QED) is 0.471. The van der Waals surface area contributed by atoms with Crippen LogP contribution in [0.5, 0.6) is 0 Å². The molecule has 10 heavy (non-hydrogen) atoms. The van der Waals surface area contributed by atoms with Gasteiger partial charge in [-0.05, 0) is 6.92 Å². The minimum Gasteiger partial charge on any atom is -0.666 e. The summed E-state index contributed by atoms with van der Waals surface area (Å²) < 4.78 is 0. The van der Waals surface area contributed by atoms with Crippen LogP contribution in [0.4, 0.5) is 0 Å². The number of carbonyl (C=O) groups is 1. The zero-order valence-corrected chi connectivity index (χ0v) is 10.4. The summed E-state index contributed by atoms with van der Waals surface area (Å²) in [5.74, 6) is 0.0208. The molecular weight excluding hydrogens is 153 g/mol. The molecule has 1 N–H and O–H groups in total. The summed E-state index contributed by atoms with van der Waals surface area (Å²) in [5.41, 5.74) is 6.51. The van der Waals surface area contributed by atoms with Crippen molar-refractivity contribution in [1.82, 2.24) is 0 Å². The van der Waals surface area contributed by atoms with E-state index in [1.165, 1.54) is 6.92 Å². The van der Waals surface area contributed by atoms with Gasteiger partial charge in [0.2, 0.25) is 0 Å². The molecule has 2 nitrogen and oxygen atoms in total. The Kier molecular flexibility index (Phi) is 8.10. The average molecular weight is 167 g/mol. The summed E-state index contributed by atoms with van der Waals surface area (Å²) in [5, 5.41) is 0. The Bertz CT molecular complexity index is 110. The Morgan fingerprint density at radius 2 is 1.70 bits per heavy atom. The van der Waals surface area contributed by atoms with E-state index in [9.17, 15) is 4.79 Å². The first kappa shape index (κ1) is 13.8. The number of hydrogen-bond acceptors (Lipinski definition) is 1. The van der Waals surface area contributed by atoms with E-state index in [1.54, 1.807) is 0 Å². The van der Waals surface area contributed by atoms with Gasteiger partial charge in [0.1, 0.15) is 5.78 Å². The fourth-order valence-corrected chi connectivity index (χ4v) is 0.477. The van der Waals surface area contributed by atoms with Crippen molar-refractivity contribution in [3.05, 3.63) is 5.73 Å². The average Bonchev–Trinajstić information content (AvgIpc) is 2.55. The van der Waals surface area contributed by atoms with E-state index in [0.29, 0.717) is 0 Å². The van der Waals surface area contributed by atoms with E-state index in [4.69, 9.17) is 5.73 Å². The Labute approximate surface area is 105 Å². The van der Waals surface area contributed by atoms with Crippen LogP contribution in [0.15, 0.2) is 0 Å². The molecule has 1 aliphatic rings. The van der Waals surface area contributed by atoms with Gasteiger partial charge in [0, 0.05) is 0 Å². The molecule has 0 unspecified atom stereocenters. The van der Waals surface area contributed by atoms with Crippen LogP contribution >= 0.6 is 0 Å². The van der Waals surface area contributed by atoms with E-state index in [2.05, 4.69) is 0 Å². The SMILES string of the molecule is CC.CC(=O)C1([NH-])CC1.[K+]. The normalized spacial score (nSPS) is 17.6. The maximum absolute atomic E-state index is 10.3. The van der Waals surface area contributed by atoms with Gasteiger partial charge in [-0.15, -0.1) is 0 Å². The minimum absolute atomic E-state index is 0. The monoisotopic (exact) mass is 167 g/mol. The van der Waals surface area contributed by atoms with E-state index in [1.807, 2.05) is 13.8 Å². The number of nitrogens with one attached hydrogen (secondary N) is 1. The Morgan fingerprint density at radius 1 is 1.40 bits per heavy atom. The molecule has 1 rings (SSSR count). The molecule has 0 aromatic rings. The van der Waals surface area contributed by atoms with Gasteiger partial charge in [-0.1, -0.05) is 32.2 Å². The van der Waals surface area contributed by atoms with Gasteiger partial charge in [0.25, 0.3) is 0 Å². The first-order chi connectivity index (χ1) is 4.15. The Hall–Kier alpha value is 1.27. The molecule has 0 bridgehead atoms. The zero-order chi connectivity index (χ0) is 7.49. The van der Waals surface area contributed by atoms with Crippen molar-refractivity contribution in [2.75, 3.05) is 0 Å². The fourth-order valence-electron chi connectivity index (χ4n) is 0.477. The Morgan fingerprint density at radius 3 is 1.70 bits per heavy atom. The second-order valence-corrected chi connectivity index (χ2v) is 2.14. The van der Waals surface area contributed by atoms with Crippen LogP contribution in [0.2, 0.25) is 0 Å². The standard InChI is InChI=1S/C5H8NO.C2H6.K/c1-4(7)5(6)2-3-5;1-2;/h6H,2-3H2,1H3;1-2H3;/q-1;;+1. The molecule has 54 valence electrons. The predicted molar refractivity (Wildman–Crippen MR) is 38.3 cm³/mol. The van der Waals surface area contributed by atoms with Crippen molar-refractivity contribution in [3.63, 3.8) is 0 Å². The van der Waals surface area contributed by atoms with E-state index >= 15 is 0 Å². The third-order valence-corrected chi connectivity index (χ3v) is 1.42. The first-order valence-electron chi connectivity index (χ1n) is 3.41. The fraction of sp³-hybridized carbons (Fsp3) is 0.857. The van der Waals surface area contributed by atoms with Crippen molar-refractivity contribution in [3.8, 4) is 0 Å². The molecular formula is C7H14KNO. The second kappa shape index (κ2) is 5.86. The van der Waals surface area contributed by atoms with Gasteiger partial charge >= 0.3 is 51.4 Å². The largest absolute Gasteiger partial charge is 1.00 e. The number of hydrogen-bond donors (Lipinski definition) is 0. The van der Waals surface area contributed by atoms with Gasteiger partial charge in [-0.3, -0.25) is 0 Å². The van der Waals surface area contributed by atoms with Gasteiger partial charge in [-0.25, -0.2) is 0 Å². The summed E-state index contributed by atoms with van der Waals surface area (Å²) in [7, 11) is 0. The molecule has 1 fully saturated rings. The maximum Gasteiger partial charge on any atom is 1.00 e. The topological polar surface area (TPSA) is 40.9 Å². The van der Waals surface area contributed by atoms with Gasteiger partial charge < -0.3 is 10.5 Å². The van der Waals surface area contributed by atoms with Crippen LogP contribution < -0.4 is 51.4 Å². The van der Waals surface area contributed by atoms with Crippen molar-refractivity contribution >= 4 is 5.78 Å². The molecule has 0 spiro atoms. The van der Waals surface area contributed by atoms with Crippen molar-refractivity contribution in [2.24, 2.45) is 0 Å². The van der Waals surface area contributed by atoms with Gasteiger partial charge in [-0.2, -0.15) is 0 Å². The summed E-state index contributed by atoms with van der Waals surface area (Å²) in [6, 6.07) is 0. The van der Waals surface area contributed by atoms with Crippen LogP contribution in [0.25, 0.3) is 5.73 Å². The molecule has 0 atom stereocenters. The van der Waals surface area contributed by atoms with Crippen molar-refractivity contribution < 1.29 is 56.2 Å². The molecule has 0 radical (unpaired) electrons. The molecule has 3 heteroatoms. The Balaban J connectivity index is 0. The molecule has 0 amide bonds. The smallest absolute Gasteiger partial charge is 0.666 e. The second-order valence-electron chi connectivity index (χ2n) is 2.14. The van der Waals surface area contributed by atoms with Crippen LogP contribution in [0.3, 0.4) is 0 Å². The van der Waals surface area contributed by atoms with Crippen LogP contribution in [0, 0.1) is 0 Å². The van der Waals surface area contributed by atoms with Crippen molar-refractivity contribution in [2.45, 2.75) is 39.2 Å². The van der Waals surface area contributed by atoms with E-state index in [-0.39, 0.29) is 57.2 Å². The summed E-state index contributed by atoms with van der Waals surface area (Å²) in [4.78, 5) is 10.3. The van der Waals surface area contributed by atoms with Crippen LogP contribution in [-0.4, -0.2) is 11.3 Å². The number of carbonyl (C=O) groups excluding carboxylic acids is 1.